The van der Waals surface area contributed by atoms with Crippen molar-refractivity contribution in [1.82, 2.24) is 10.6 Å². The van der Waals surface area contributed by atoms with Crippen molar-refractivity contribution in [3.8, 4) is 0 Å². The Labute approximate surface area is 306 Å². The topological polar surface area (TPSA) is 128 Å². The van der Waals surface area contributed by atoms with E-state index in [-0.39, 0.29) is 50.0 Å². The molecule has 3 rings (SSSR count). The van der Waals surface area contributed by atoms with Crippen LogP contribution < -0.4 is 10.6 Å². The molecule has 2 N–H and O–H groups in total. The van der Waals surface area contributed by atoms with Crippen LogP contribution in [-0.2, 0) is 48.3 Å². The maximum absolute atomic E-state index is 14.0. The maximum Gasteiger partial charge on any atom is 0.408 e. The molecule has 0 unspecified atom stereocenters. The normalized spacial score (nSPS) is 13.4. The third-order valence-electron chi connectivity index (χ3n) is 8.52. The van der Waals surface area contributed by atoms with Crippen molar-refractivity contribution in [2.45, 2.75) is 84.6 Å². The monoisotopic (exact) mass is 716 g/mol. The summed E-state index contributed by atoms with van der Waals surface area (Å²) >= 11 is 1.55. The second kappa shape index (κ2) is 22.4. The zero-order valence-electron chi connectivity index (χ0n) is 30.2. The highest BCUT2D eigenvalue weighted by molar-refractivity contribution is 7.98. The zero-order valence-corrected chi connectivity index (χ0v) is 31.0. The van der Waals surface area contributed by atoms with E-state index in [0.29, 0.717) is 25.0 Å². The minimum absolute atomic E-state index is 0.0601. The number of rotatable bonds is 22. The fourth-order valence-electron chi connectivity index (χ4n) is 5.76. The molecule has 0 spiro atoms. The predicted molar refractivity (Wildman–Crippen MR) is 201 cm³/mol. The highest BCUT2D eigenvalue weighted by Gasteiger charge is 2.32. The van der Waals surface area contributed by atoms with E-state index in [9.17, 15) is 24.0 Å². The van der Waals surface area contributed by atoms with Gasteiger partial charge in [0.25, 0.3) is 0 Å². The number of benzene rings is 3. The highest BCUT2D eigenvalue weighted by Crippen LogP contribution is 2.22. The van der Waals surface area contributed by atoms with Gasteiger partial charge in [0.2, 0.25) is 5.91 Å². The second-order valence-electron chi connectivity index (χ2n) is 13.2. The number of Topliss-reactive ketones (excluding diaryl/α,β-unsaturated/α-hetero) is 2. The number of carbonyl (C=O) groups excluding carboxylic acids is 5. The fraction of sp³-hybridized carbons (Fsp3) is 0.439. The number of ketones is 2. The summed E-state index contributed by atoms with van der Waals surface area (Å²) in [6.07, 6.45) is 2.40. The first-order chi connectivity index (χ1) is 24.6. The Morgan fingerprint density at radius 1 is 0.667 bits per heavy atom. The molecule has 0 fully saturated rings. The largest absolute Gasteiger partial charge is 0.461 e. The molecule has 3 aromatic carbocycles. The minimum atomic E-state index is -0.855. The van der Waals surface area contributed by atoms with E-state index < -0.39 is 41.9 Å². The molecule has 4 atom stereocenters. The van der Waals surface area contributed by atoms with Gasteiger partial charge in [0.15, 0.2) is 11.6 Å². The molecule has 0 aliphatic carbocycles. The van der Waals surface area contributed by atoms with Gasteiger partial charge < -0.3 is 20.1 Å². The lowest BCUT2D eigenvalue weighted by atomic mass is 9.88. The number of hydrogen-bond donors (Lipinski definition) is 2. The number of esters is 1. The first-order valence-corrected chi connectivity index (χ1v) is 19.0. The van der Waals surface area contributed by atoms with Crippen LogP contribution in [0.2, 0.25) is 0 Å². The molecule has 0 saturated heterocycles. The molecule has 2 amide bonds. The van der Waals surface area contributed by atoms with E-state index in [4.69, 9.17) is 9.47 Å². The van der Waals surface area contributed by atoms with Gasteiger partial charge in [-0.05, 0) is 60.3 Å². The maximum atomic E-state index is 14.0. The quantitative estimate of drug-likeness (QED) is 0.105. The molecule has 10 heteroatoms. The molecule has 51 heavy (non-hydrogen) atoms. The van der Waals surface area contributed by atoms with Crippen LogP contribution in [0.25, 0.3) is 0 Å². The Hall–Kier alpha value is -4.44. The van der Waals surface area contributed by atoms with Crippen LogP contribution >= 0.6 is 11.8 Å². The van der Waals surface area contributed by atoms with Crippen molar-refractivity contribution in [2.24, 2.45) is 17.8 Å². The third-order valence-corrected chi connectivity index (χ3v) is 9.17. The summed E-state index contributed by atoms with van der Waals surface area (Å²) in [5, 5.41) is 5.61. The number of nitrogens with one attached hydrogen (secondary N) is 2. The Balaban J connectivity index is 1.72. The molecule has 0 aliphatic heterocycles. The van der Waals surface area contributed by atoms with Gasteiger partial charge in [0.05, 0.1) is 18.0 Å². The Morgan fingerprint density at radius 3 is 1.71 bits per heavy atom. The summed E-state index contributed by atoms with van der Waals surface area (Å²) in [7, 11) is 0. The third kappa shape index (κ3) is 15.1. The van der Waals surface area contributed by atoms with E-state index in [2.05, 4.69) is 10.6 Å². The summed E-state index contributed by atoms with van der Waals surface area (Å²) in [5.41, 5.74) is 2.53. The van der Waals surface area contributed by atoms with Crippen LogP contribution in [0, 0.1) is 17.8 Å². The lowest BCUT2D eigenvalue weighted by Gasteiger charge is -2.25. The minimum Gasteiger partial charge on any atom is -0.461 e. The van der Waals surface area contributed by atoms with Crippen LogP contribution in [-0.4, -0.2) is 53.6 Å². The molecule has 0 radical (unpaired) electrons. The van der Waals surface area contributed by atoms with Gasteiger partial charge in [0, 0.05) is 18.8 Å². The molecule has 0 heterocycles. The molecule has 0 saturated carbocycles. The number of thioether (sulfide) groups is 1. The lowest BCUT2D eigenvalue weighted by molar-refractivity contribution is -0.152. The smallest absolute Gasteiger partial charge is 0.408 e. The molecular weight excluding hydrogens is 665 g/mol. The van der Waals surface area contributed by atoms with Crippen molar-refractivity contribution in [1.29, 1.82) is 0 Å². The lowest BCUT2D eigenvalue weighted by Crippen LogP contribution is -2.47. The Kier molecular flexibility index (Phi) is 18.0. The number of ether oxygens (including phenoxy) is 2. The van der Waals surface area contributed by atoms with Crippen molar-refractivity contribution in [3.63, 3.8) is 0 Å². The summed E-state index contributed by atoms with van der Waals surface area (Å²) in [5.74, 6) is -2.14. The Morgan fingerprint density at radius 2 is 1.18 bits per heavy atom. The first-order valence-electron chi connectivity index (χ1n) is 17.7. The zero-order chi connectivity index (χ0) is 37.0. The van der Waals surface area contributed by atoms with Crippen LogP contribution in [0.5, 0.6) is 0 Å². The number of carbonyl (C=O) groups is 5. The summed E-state index contributed by atoms with van der Waals surface area (Å²) in [6, 6.07) is 26.3. The SMILES string of the molecule is CC[C@H](NC(=O)OCc1ccccc1)C(=O)C[C@@H](Cc1ccccc1)C(=O)N[C@@H](CCSC)C(=O)C[C@@H](CC(C)C)C(=O)OCc1ccccc1. The molecule has 9 nitrogen and oxygen atoms in total. The second-order valence-corrected chi connectivity index (χ2v) is 14.1. The average molecular weight is 717 g/mol. The Bertz CT molecular complexity index is 1520. The van der Waals surface area contributed by atoms with Gasteiger partial charge in [-0.3, -0.25) is 19.2 Å². The van der Waals surface area contributed by atoms with Crippen LogP contribution in [0.1, 0.15) is 69.6 Å². The van der Waals surface area contributed by atoms with Crippen LogP contribution in [0.15, 0.2) is 91.0 Å². The number of amides is 2. The highest BCUT2D eigenvalue weighted by atomic mass is 32.2. The predicted octanol–water partition coefficient (Wildman–Crippen LogP) is 7.11. The van der Waals surface area contributed by atoms with E-state index >= 15 is 0 Å². The molecule has 3 aromatic rings. The molecule has 0 aromatic heterocycles. The van der Waals surface area contributed by atoms with Gasteiger partial charge in [-0.1, -0.05) is 112 Å². The first kappa shape index (κ1) is 41.0. The van der Waals surface area contributed by atoms with Gasteiger partial charge in [0.1, 0.15) is 13.2 Å². The van der Waals surface area contributed by atoms with Gasteiger partial charge in [-0.15, -0.1) is 0 Å². The standard InChI is InChI=1S/C41H52N2O7S/c1-5-35(43-41(48)50-28-32-19-13-8-14-20-32)37(44)25-33(24-30-15-9-6-10-16-30)39(46)42-36(21-22-51-4)38(45)26-34(23-29(2)3)40(47)49-27-31-17-11-7-12-18-31/h6-20,29,33-36H,5,21-28H2,1-4H3,(H,42,46)(H,43,48)/t33-,34-,35+,36+/m1/s1. The summed E-state index contributed by atoms with van der Waals surface area (Å²) in [4.78, 5) is 67.2. The fourth-order valence-corrected chi connectivity index (χ4v) is 6.23. The van der Waals surface area contributed by atoms with Crippen molar-refractivity contribution >= 4 is 41.3 Å². The van der Waals surface area contributed by atoms with Crippen LogP contribution in [0.4, 0.5) is 4.79 Å². The molecule has 274 valence electrons. The van der Waals surface area contributed by atoms with Crippen molar-refractivity contribution < 1.29 is 33.4 Å². The van der Waals surface area contributed by atoms with Crippen molar-refractivity contribution in [2.75, 3.05) is 12.0 Å². The van der Waals surface area contributed by atoms with E-state index in [0.717, 1.165) is 16.7 Å². The van der Waals surface area contributed by atoms with Crippen molar-refractivity contribution in [3.05, 3.63) is 108 Å². The number of hydrogen-bond acceptors (Lipinski definition) is 8. The van der Waals surface area contributed by atoms with Gasteiger partial charge in [-0.2, -0.15) is 11.8 Å². The molecular formula is C41H52N2O7S. The molecule has 0 bridgehead atoms. The van der Waals surface area contributed by atoms with Gasteiger partial charge in [-0.25, -0.2) is 4.79 Å². The van der Waals surface area contributed by atoms with E-state index in [1.54, 1.807) is 18.7 Å². The van der Waals surface area contributed by atoms with Gasteiger partial charge >= 0.3 is 12.1 Å². The molecule has 0 aliphatic rings. The van der Waals surface area contributed by atoms with E-state index in [1.807, 2.05) is 111 Å². The van der Waals surface area contributed by atoms with Crippen LogP contribution in [0.3, 0.4) is 0 Å². The summed E-state index contributed by atoms with van der Waals surface area (Å²) in [6.45, 7) is 5.93. The summed E-state index contributed by atoms with van der Waals surface area (Å²) < 4.78 is 11.0. The number of alkyl carbamates (subject to hydrolysis) is 1. The van der Waals surface area contributed by atoms with E-state index in [1.165, 1.54) is 0 Å². The average Bonchev–Trinajstić information content (AvgIpc) is 3.14.